The Kier molecular flexibility index (Phi) is 4.48. The number of hydrogen-bond donors (Lipinski definition) is 1. The van der Waals surface area contributed by atoms with Crippen LogP contribution in [0.25, 0.3) is 21.3 Å². The minimum Gasteiger partial charge on any atom is -0.497 e. The summed E-state index contributed by atoms with van der Waals surface area (Å²) in [5.74, 6) is 0.341. The predicted octanol–water partition coefficient (Wildman–Crippen LogP) is 3.78. The predicted molar refractivity (Wildman–Crippen MR) is 105 cm³/mol. The number of hydrogen-bond acceptors (Lipinski definition) is 6. The topological polar surface area (TPSA) is 94.6 Å². The SMILES string of the molecule is COc1ccc(-c2csc3nc(C)n(Cc4ccc(C(=O)O)o4)c(=O)c23)cc1. The van der Waals surface area contributed by atoms with Gasteiger partial charge in [0.15, 0.2) is 0 Å². The van der Waals surface area contributed by atoms with Crippen molar-refractivity contribution in [1.29, 1.82) is 0 Å². The smallest absolute Gasteiger partial charge is 0.371 e. The number of aromatic carboxylic acids is 1. The van der Waals surface area contributed by atoms with Crippen LogP contribution in [0.4, 0.5) is 0 Å². The van der Waals surface area contributed by atoms with Crippen molar-refractivity contribution in [3.8, 4) is 16.9 Å². The molecular weight excluding hydrogens is 380 g/mol. The van der Waals surface area contributed by atoms with Crippen LogP contribution in [-0.4, -0.2) is 27.7 Å². The molecule has 0 radical (unpaired) electrons. The largest absolute Gasteiger partial charge is 0.497 e. The third-order valence-corrected chi connectivity index (χ3v) is 5.34. The Bertz CT molecular complexity index is 1230. The van der Waals surface area contributed by atoms with Gasteiger partial charge in [0.2, 0.25) is 5.76 Å². The van der Waals surface area contributed by atoms with Crippen LogP contribution in [0.1, 0.15) is 22.1 Å². The summed E-state index contributed by atoms with van der Waals surface area (Å²) in [4.78, 5) is 29.4. The van der Waals surface area contributed by atoms with Crippen molar-refractivity contribution in [1.82, 2.24) is 9.55 Å². The quantitative estimate of drug-likeness (QED) is 0.552. The Hall–Kier alpha value is -3.39. The second kappa shape index (κ2) is 6.97. The molecule has 0 atom stereocenters. The van der Waals surface area contributed by atoms with Gasteiger partial charge in [0.05, 0.1) is 19.0 Å². The zero-order valence-electron chi connectivity index (χ0n) is 15.1. The van der Waals surface area contributed by atoms with Crippen molar-refractivity contribution in [2.75, 3.05) is 7.11 Å². The summed E-state index contributed by atoms with van der Waals surface area (Å²) >= 11 is 1.41. The summed E-state index contributed by atoms with van der Waals surface area (Å²) < 4.78 is 12.0. The van der Waals surface area contributed by atoms with E-state index >= 15 is 0 Å². The van der Waals surface area contributed by atoms with Crippen LogP contribution in [0.3, 0.4) is 0 Å². The highest BCUT2D eigenvalue weighted by atomic mass is 32.1. The van der Waals surface area contributed by atoms with Crippen molar-refractivity contribution in [3.05, 3.63) is 69.5 Å². The number of fused-ring (bicyclic) bond motifs is 1. The van der Waals surface area contributed by atoms with Gasteiger partial charge in [0, 0.05) is 10.9 Å². The summed E-state index contributed by atoms with van der Waals surface area (Å²) in [5.41, 5.74) is 1.51. The molecule has 3 heterocycles. The summed E-state index contributed by atoms with van der Waals surface area (Å²) in [6.45, 7) is 1.85. The fraction of sp³-hybridized carbons (Fsp3) is 0.150. The van der Waals surface area contributed by atoms with Crippen molar-refractivity contribution in [3.63, 3.8) is 0 Å². The van der Waals surface area contributed by atoms with Crippen LogP contribution in [0.5, 0.6) is 5.75 Å². The summed E-state index contributed by atoms with van der Waals surface area (Å²) in [7, 11) is 1.60. The third kappa shape index (κ3) is 3.07. The van der Waals surface area contributed by atoms with Crippen LogP contribution >= 0.6 is 11.3 Å². The van der Waals surface area contributed by atoms with Crippen molar-refractivity contribution in [2.24, 2.45) is 0 Å². The monoisotopic (exact) mass is 396 g/mol. The van der Waals surface area contributed by atoms with Gasteiger partial charge in [-0.25, -0.2) is 9.78 Å². The molecule has 0 saturated carbocycles. The van der Waals surface area contributed by atoms with Crippen molar-refractivity contribution >= 4 is 27.5 Å². The lowest BCUT2D eigenvalue weighted by molar-refractivity contribution is 0.0660. The lowest BCUT2D eigenvalue weighted by Gasteiger charge is -2.09. The number of aromatic nitrogens is 2. The van der Waals surface area contributed by atoms with Gasteiger partial charge in [0.25, 0.3) is 5.56 Å². The number of methoxy groups -OCH3 is 1. The van der Waals surface area contributed by atoms with E-state index in [9.17, 15) is 9.59 Å². The molecule has 8 heteroatoms. The van der Waals surface area contributed by atoms with E-state index in [0.717, 1.165) is 16.9 Å². The summed E-state index contributed by atoms with van der Waals surface area (Å²) in [5, 5.41) is 11.5. The molecule has 0 amide bonds. The first-order valence-corrected chi connectivity index (χ1v) is 9.31. The fourth-order valence-electron chi connectivity index (χ4n) is 3.03. The Labute approximate surface area is 163 Å². The lowest BCUT2D eigenvalue weighted by Crippen LogP contribution is -2.24. The minimum atomic E-state index is -1.15. The minimum absolute atomic E-state index is 0.110. The van der Waals surface area contributed by atoms with Gasteiger partial charge in [-0.2, -0.15) is 0 Å². The molecule has 142 valence electrons. The van der Waals surface area contributed by atoms with Crippen LogP contribution in [0, 0.1) is 6.92 Å². The number of benzene rings is 1. The standard InChI is InChI=1S/C20H16N2O5S/c1-11-21-18-17(15(10-28-18)12-3-5-13(26-2)6-4-12)19(23)22(11)9-14-7-8-16(27-14)20(24)25/h3-8,10H,9H2,1-2H3,(H,24,25). The van der Waals surface area contributed by atoms with Gasteiger partial charge in [-0.1, -0.05) is 12.1 Å². The van der Waals surface area contributed by atoms with Crippen LogP contribution in [-0.2, 0) is 6.54 Å². The molecule has 1 aromatic carbocycles. The molecule has 0 aliphatic heterocycles. The highest BCUT2D eigenvalue weighted by Gasteiger charge is 2.17. The molecule has 0 aliphatic carbocycles. The van der Waals surface area contributed by atoms with E-state index in [1.807, 2.05) is 29.6 Å². The van der Waals surface area contributed by atoms with E-state index in [-0.39, 0.29) is 17.9 Å². The molecule has 7 nitrogen and oxygen atoms in total. The van der Waals surface area contributed by atoms with Crippen molar-refractivity contribution < 1.29 is 19.1 Å². The molecular formula is C20H16N2O5S. The van der Waals surface area contributed by atoms with E-state index in [1.165, 1.54) is 22.0 Å². The average Bonchev–Trinajstić information content (AvgIpc) is 3.32. The number of thiophene rings is 1. The first kappa shape index (κ1) is 18.0. The number of rotatable bonds is 5. The van der Waals surface area contributed by atoms with E-state index < -0.39 is 5.97 Å². The molecule has 3 aromatic heterocycles. The normalized spacial score (nSPS) is 11.1. The fourth-order valence-corrected chi connectivity index (χ4v) is 4.01. The van der Waals surface area contributed by atoms with Crippen molar-refractivity contribution in [2.45, 2.75) is 13.5 Å². The zero-order chi connectivity index (χ0) is 19.8. The highest BCUT2D eigenvalue weighted by Crippen LogP contribution is 2.32. The molecule has 0 unspecified atom stereocenters. The van der Waals surface area contributed by atoms with Gasteiger partial charge in [-0.15, -0.1) is 11.3 Å². The highest BCUT2D eigenvalue weighted by molar-refractivity contribution is 7.17. The molecule has 4 rings (SSSR count). The maximum Gasteiger partial charge on any atom is 0.371 e. The number of nitrogens with zero attached hydrogens (tertiary/aromatic N) is 2. The Morgan fingerprint density at radius 1 is 1.25 bits per heavy atom. The molecule has 0 spiro atoms. The zero-order valence-corrected chi connectivity index (χ0v) is 15.9. The van der Waals surface area contributed by atoms with Crippen LogP contribution in [0.15, 0.2) is 51.0 Å². The number of furan rings is 1. The van der Waals surface area contributed by atoms with E-state index in [2.05, 4.69) is 4.98 Å². The van der Waals surface area contributed by atoms with Gasteiger partial charge in [-0.3, -0.25) is 9.36 Å². The number of carbonyl (C=O) groups is 1. The first-order chi connectivity index (χ1) is 13.5. The first-order valence-electron chi connectivity index (χ1n) is 8.43. The van der Waals surface area contributed by atoms with Crippen LogP contribution in [0.2, 0.25) is 0 Å². The Morgan fingerprint density at radius 3 is 2.64 bits per heavy atom. The number of carboxylic acids is 1. The second-order valence-corrected chi connectivity index (χ2v) is 7.04. The van der Waals surface area contributed by atoms with E-state index in [4.69, 9.17) is 14.3 Å². The van der Waals surface area contributed by atoms with Gasteiger partial charge in [-0.05, 0) is 36.8 Å². The van der Waals surface area contributed by atoms with Gasteiger partial charge in [0.1, 0.15) is 22.2 Å². The molecule has 1 N–H and O–H groups in total. The second-order valence-electron chi connectivity index (χ2n) is 6.18. The molecule has 4 aromatic rings. The third-order valence-electron chi connectivity index (χ3n) is 4.47. The van der Waals surface area contributed by atoms with E-state index in [1.54, 1.807) is 20.1 Å². The van der Waals surface area contributed by atoms with E-state index in [0.29, 0.717) is 21.8 Å². The molecule has 28 heavy (non-hydrogen) atoms. The van der Waals surface area contributed by atoms with Gasteiger partial charge < -0.3 is 14.3 Å². The number of aryl methyl sites for hydroxylation is 1. The Balaban J connectivity index is 1.81. The molecule has 0 aliphatic rings. The summed E-state index contributed by atoms with van der Waals surface area (Å²) in [6, 6.07) is 10.4. The Morgan fingerprint density at radius 2 is 2.00 bits per heavy atom. The number of ether oxygens (including phenoxy) is 1. The summed E-state index contributed by atoms with van der Waals surface area (Å²) in [6.07, 6.45) is 0. The lowest BCUT2D eigenvalue weighted by atomic mass is 10.1. The average molecular weight is 396 g/mol. The number of carboxylic acid groups (broad SMARTS) is 1. The molecule has 0 bridgehead atoms. The maximum atomic E-state index is 13.2. The van der Waals surface area contributed by atoms with Gasteiger partial charge >= 0.3 is 5.97 Å². The maximum absolute atomic E-state index is 13.2. The molecule has 0 fully saturated rings. The molecule has 0 saturated heterocycles. The van der Waals surface area contributed by atoms with Crippen LogP contribution < -0.4 is 10.3 Å².